The quantitative estimate of drug-likeness (QED) is 0.675. The minimum Gasteiger partial charge on any atom is -0.508 e. The van der Waals surface area contributed by atoms with Gasteiger partial charge in [0.05, 0.1) is 0 Å². The molecule has 3 N–H and O–H groups in total. The summed E-state index contributed by atoms with van der Waals surface area (Å²) >= 11 is 0. The van der Waals surface area contributed by atoms with Gasteiger partial charge in [-0.2, -0.15) is 0 Å². The van der Waals surface area contributed by atoms with Crippen molar-refractivity contribution in [2.45, 2.75) is 19.3 Å². The Morgan fingerprint density at radius 2 is 1.55 bits per heavy atom. The molecule has 112 valence electrons. The van der Waals surface area contributed by atoms with Gasteiger partial charge in [-0.1, -0.05) is 31.2 Å². The summed E-state index contributed by atoms with van der Waals surface area (Å²) in [6, 6.07) is 15.9. The van der Waals surface area contributed by atoms with E-state index in [4.69, 9.17) is 0 Å². The number of phenolic OH excluding ortho intramolecular Hbond substituents is 3. The van der Waals surface area contributed by atoms with Gasteiger partial charge in [-0.05, 0) is 53.8 Å². The van der Waals surface area contributed by atoms with Crippen LogP contribution < -0.4 is 0 Å². The predicted octanol–water partition coefficient (Wildman–Crippen LogP) is 4.30. The van der Waals surface area contributed by atoms with Crippen LogP contribution in [-0.4, -0.2) is 15.3 Å². The molecule has 0 saturated carbocycles. The lowest BCUT2D eigenvalue weighted by atomic mass is 9.92. The molecule has 3 aromatic rings. The van der Waals surface area contributed by atoms with Crippen LogP contribution in [0.1, 0.15) is 24.0 Å². The van der Waals surface area contributed by atoms with Gasteiger partial charge in [0.15, 0.2) is 0 Å². The molecule has 0 bridgehead atoms. The molecule has 1 unspecified atom stereocenters. The average Bonchev–Trinajstić information content (AvgIpc) is 2.49. The van der Waals surface area contributed by atoms with Gasteiger partial charge in [0, 0.05) is 10.8 Å². The number of hydrogen-bond acceptors (Lipinski definition) is 3. The Kier molecular flexibility index (Phi) is 3.63. The summed E-state index contributed by atoms with van der Waals surface area (Å²) < 4.78 is 0. The average molecular weight is 294 g/mol. The standard InChI is InChI=1S/C19H18O3/c1-12(14-5-7-15(20)8-6-14)9-13-10-17-16(19(22)11-13)3-2-4-18(17)21/h2-8,10-12,20-22H,9H2,1H3. The number of phenols is 3. The lowest BCUT2D eigenvalue weighted by Gasteiger charge is -2.14. The molecule has 0 saturated heterocycles. The van der Waals surface area contributed by atoms with E-state index in [-0.39, 0.29) is 23.2 Å². The largest absolute Gasteiger partial charge is 0.508 e. The SMILES string of the molecule is CC(Cc1cc(O)c2cccc(O)c2c1)c1ccc(O)cc1. The molecule has 0 aliphatic heterocycles. The summed E-state index contributed by atoms with van der Waals surface area (Å²) in [5, 5.41) is 30.8. The van der Waals surface area contributed by atoms with Crippen LogP contribution in [0.25, 0.3) is 10.8 Å². The molecule has 0 aliphatic carbocycles. The Hall–Kier alpha value is -2.68. The van der Waals surface area contributed by atoms with Crippen LogP contribution in [0.15, 0.2) is 54.6 Å². The Bertz CT molecular complexity index is 807. The van der Waals surface area contributed by atoms with Crippen LogP contribution in [0.5, 0.6) is 17.2 Å². The smallest absolute Gasteiger partial charge is 0.123 e. The van der Waals surface area contributed by atoms with Crippen molar-refractivity contribution >= 4 is 10.8 Å². The van der Waals surface area contributed by atoms with Crippen molar-refractivity contribution in [2.24, 2.45) is 0 Å². The predicted molar refractivity (Wildman–Crippen MR) is 87.5 cm³/mol. The molecule has 0 aromatic heterocycles. The Labute approximate surface area is 129 Å². The van der Waals surface area contributed by atoms with Crippen molar-refractivity contribution < 1.29 is 15.3 Å². The highest BCUT2D eigenvalue weighted by atomic mass is 16.3. The number of aromatic hydroxyl groups is 3. The highest BCUT2D eigenvalue weighted by Gasteiger charge is 2.11. The van der Waals surface area contributed by atoms with Gasteiger partial charge in [0.25, 0.3) is 0 Å². The van der Waals surface area contributed by atoms with E-state index >= 15 is 0 Å². The first-order valence-corrected chi connectivity index (χ1v) is 7.27. The van der Waals surface area contributed by atoms with E-state index < -0.39 is 0 Å². The van der Waals surface area contributed by atoms with Crippen LogP contribution in [0.4, 0.5) is 0 Å². The van der Waals surface area contributed by atoms with Gasteiger partial charge in [-0.15, -0.1) is 0 Å². The first-order valence-electron chi connectivity index (χ1n) is 7.27. The summed E-state index contributed by atoms with van der Waals surface area (Å²) in [5.41, 5.74) is 2.08. The molecule has 0 spiro atoms. The van der Waals surface area contributed by atoms with Gasteiger partial charge >= 0.3 is 0 Å². The second kappa shape index (κ2) is 5.60. The maximum Gasteiger partial charge on any atom is 0.123 e. The summed E-state index contributed by atoms with van der Waals surface area (Å²) in [6.07, 6.45) is 0.739. The summed E-state index contributed by atoms with van der Waals surface area (Å²) in [6.45, 7) is 2.10. The van der Waals surface area contributed by atoms with Crippen LogP contribution in [-0.2, 0) is 6.42 Å². The Balaban J connectivity index is 1.93. The van der Waals surface area contributed by atoms with Gasteiger partial charge in [-0.3, -0.25) is 0 Å². The molecular formula is C19H18O3. The minimum atomic E-state index is 0.173. The van der Waals surface area contributed by atoms with Crippen molar-refractivity contribution in [1.29, 1.82) is 0 Å². The number of rotatable bonds is 3. The van der Waals surface area contributed by atoms with E-state index in [0.717, 1.165) is 17.5 Å². The first-order chi connectivity index (χ1) is 10.5. The maximum atomic E-state index is 10.2. The summed E-state index contributed by atoms with van der Waals surface area (Å²) in [5.74, 6) is 0.848. The first kappa shape index (κ1) is 14.3. The third kappa shape index (κ3) is 2.70. The summed E-state index contributed by atoms with van der Waals surface area (Å²) in [4.78, 5) is 0. The normalized spacial score (nSPS) is 12.4. The fourth-order valence-corrected chi connectivity index (χ4v) is 2.80. The Morgan fingerprint density at radius 1 is 0.818 bits per heavy atom. The van der Waals surface area contributed by atoms with Crippen molar-refractivity contribution in [1.82, 2.24) is 0 Å². The van der Waals surface area contributed by atoms with E-state index in [0.29, 0.717) is 10.8 Å². The van der Waals surface area contributed by atoms with Gasteiger partial charge in [-0.25, -0.2) is 0 Å². The monoisotopic (exact) mass is 294 g/mol. The lowest BCUT2D eigenvalue weighted by molar-refractivity contribution is 0.474. The minimum absolute atomic E-state index is 0.173. The molecule has 3 heteroatoms. The van der Waals surface area contributed by atoms with E-state index in [1.807, 2.05) is 18.2 Å². The highest BCUT2D eigenvalue weighted by molar-refractivity contribution is 5.93. The molecule has 3 rings (SSSR count). The van der Waals surface area contributed by atoms with Crippen LogP contribution in [0.2, 0.25) is 0 Å². The molecule has 3 nitrogen and oxygen atoms in total. The number of fused-ring (bicyclic) bond motifs is 1. The molecule has 0 amide bonds. The van der Waals surface area contributed by atoms with Crippen LogP contribution >= 0.6 is 0 Å². The van der Waals surface area contributed by atoms with Crippen molar-refractivity contribution in [3.8, 4) is 17.2 Å². The molecular weight excluding hydrogens is 276 g/mol. The molecule has 22 heavy (non-hydrogen) atoms. The molecule has 1 atom stereocenters. The second-order valence-corrected chi connectivity index (χ2v) is 5.68. The van der Waals surface area contributed by atoms with Crippen LogP contribution in [0, 0.1) is 0 Å². The van der Waals surface area contributed by atoms with Gasteiger partial charge < -0.3 is 15.3 Å². The zero-order valence-corrected chi connectivity index (χ0v) is 12.3. The summed E-state index contributed by atoms with van der Waals surface area (Å²) in [7, 11) is 0. The molecule has 0 aliphatic rings. The van der Waals surface area contributed by atoms with Crippen molar-refractivity contribution in [2.75, 3.05) is 0 Å². The third-order valence-electron chi connectivity index (χ3n) is 4.01. The molecule has 0 radical (unpaired) electrons. The Morgan fingerprint density at radius 3 is 2.27 bits per heavy atom. The molecule has 0 fully saturated rings. The van der Waals surface area contributed by atoms with E-state index in [2.05, 4.69) is 6.92 Å². The van der Waals surface area contributed by atoms with E-state index in [9.17, 15) is 15.3 Å². The van der Waals surface area contributed by atoms with Gasteiger partial charge in [0.1, 0.15) is 17.2 Å². The maximum absolute atomic E-state index is 10.2. The van der Waals surface area contributed by atoms with Crippen LogP contribution in [0.3, 0.4) is 0 Å². The van der Waals surface area contributed by atoms with Crippen molar-refractivity contribution in [3.05, 3.63) is 65.7 Å². The number of benzene rings is 3. The molecule has 0 heterocycles. The zero-order valence-electron chi connectivity index (χ0n) is 12.3. The lowest BCUT2D eigenvalue weighted by Crippen LogP contribution is -1.98. The second-order valence-electron chi connectivity index (χ2n) is 5.68. The topological polar surface area (TPSA) is 60.7 Å². The van der Waals surface area contributed by atoms with Gasteiger partial charge in [0.2, 0.25) is 0 Å². The van der Waals surface area contributed by atoms with E-state index in [1.54, 1.807) is 36.4 Å². The third-order valence-corrected chi connectivity index (χ3v) is 4.01. The fraction of sp³-hybridized carbons (Fsp3) is 0.158. The fourth-order valence-electron chi connectivity index (χ4n) is 2.80. The number of hydrogen-bond donors (Lipinski definition) is 3. The highest BCUT2D eigenvalue weighted by Crippen LogP contribution is 2.34. The zero-order chi connectivity index (χ0) is 15.7. The van der Waals surface area contributed by atoms with E-state index in [1.165, 1.54) is 0 Å². The van der Waals surface area contributed by atoms with Crippen molar-refractivity contribution in [3.63, 3.8) is 0 Å². The molecule has 3 aromatic carbocycles.